The van der Waals surface area contributed by atoms with Gasteiger partial charge in [0.25, 0.3) is 0 Å². The molecule has 3 nitrogen and oxygen atoms in total. The van der Waals surface area contributed by atoms with Gasteiger partial charge in [-0.3, -0.25) is 0 Å². The van der Waals surface area contributed by atoms with E-state index in [-0.39, 0.29) is 6.04 Å². The Kier molecular flexibility index (Phi) is 3.32. The first-order valence-electron chi connectivity index (χ1n) is 6.42. The molecule has 0 saturated heterocycles. The zero-order valence-corrected chi connectivity index (χ0v) is 12.5. The Morgan fingerprint density at radius 2 is 1.90 bits per heavy atom. The largest absolute Gasteiger partial charge is 0.244 e. The fraction of sp³-hybridized carbons (Fsp3) is 0.200. The third-order valence-corrected chi connectivity index (χ3v) is 5.81. The highest BCUT2D eigenvalue weighted by molar-refractivity contribution is 7.89. The molecular weight excluding hydrogens is 294 g/mol. The molecule has 0 aliphatic carbocycles. The SMILES string of the molecule is CCN1C(c2cccc(Cl)c2)c2ccccc2S1(=O)=O. The lowest BCUT2D eigenvalue weighted by Gasteiger charge is -2.22. The molecule has 104 valence electrons. The van der Waals surface area contributed by atoms with Crippen molar-refractivity contribution in [3.63, 3.8) is 0 Å². The van der Waals surface area contributed by atoms with Gasteiger partial charge in [0.1, 0.15) is 0 Å². The van der Waals surface area contributed by atoms with E-state index in [1.807, 2.05) is 37.3 Å². The summed E-state index contributed by atoms with van der Waals surface area (Å²) in [7, 11) is -3.42. The van der Waals surface area contributed by atoms with Gasteiger partial charge in [0.2, 0.25) is 10.0 Å². The molecule has 3 rings (SSSR count). The van der Waals surface area contributed by atoms with E-state index in [1.54, 1.807) is 18.2 Å². The van der Waals surface area contributed by atoms with Crippen molar-refractivity contribution in [2.24, 2.45) is 0 Å². The number of nitrogens with zero attached hydrogens (tertiary/aromatic N) is 1. The predicted molar refractivity (Wildman–Crippen MR) is 79.3 cm³/mol. The minimum Gasteiger partial charge on any atom is -0.207 e. The maximum Gasteiger partial charge on any atom is 0.244 e. The summed E-state index contributed by atoms with van der Waals surface area (Å²) in [6, 6.07) is 14.2. The van der Waals surface area contributed by atoms with Crippen LogP contribution in [0.2, 0.25) is 5.02 Å². The highest BCUT2D eigenvalue weighted by Crippen LogP contribution is 2.43. The van der Waals surface area contributed by atoms with Gasteiger partial charge in [-0.1, -0.05) is 48.9 Å². The molecule has 1 heterocycles. The highest BCUT2D eigenvalue weighted by atomic mass is 35.5. The summed E-state index contributed by atoms with van der Waals surface area (Å²) >= 11 is 6.04. The normalized spacial score (nSPS) is 20.8. The van der Waals surface area contributed by atoms with E-state index in [0.717, 1.165) is 11.1 Å². The van der Waals surface area contributed by atoms with Crippen LogP contribution in [0, 0.1) is 0 Å². The fourth-order valence-electron chi connectivity index (χ4n) is 2.74. The Bertz CT molecular complexity index is 758. The van der Waals surface area contributed by atoms with Crippen LogP contribution in [0.4, 0.5) is 0 Å². The second-order valence-corrected chi connectivity index (χ2v) is 7.00. The standard InChI is InChI=1S/C15H14ClNO2S/c1-2-17-15(11-6-5-7-12(16)10-11)13-8-3-4-9-14(13)20(17,18)19/h3-10,15H,2H2,1H3. The van der Waals surface area contributed by atoms with Crippen molar-refractivity contribution in [2.75, 3.05) is 6.54 Å². The van der Waals surface area contributed by atoms with Crippen LogP contribution >= 0.6 is 11.6 Å². The highest BCUT2D eigenvalue weighted by Gasteiger charge is 2.42. The molecule has 2 aromatic rings. The van der Waals surface area contributed by atoms with Gasteiger partial charge in [-0.05, 0) is 29.3 Å². The average Bonchev–Trinajstić information content (AvgIpc) is 2.67. The summed E-state index contributed by atoms with van der Waals surface area (Å²) < 4.78 is 26.7. The maximum absolute atomic E-state index is 12.6. The lowest BCUT2D eigenvalue weighted by molar-refractivity contribution is 0.395. The van der Waals surface area contributed by atoms with Gasteiger partial charge >= 0.3 is 0 Å². The molecule has 20 heavy (non-hydrogen) atoms. The van der Waals surface area contributed by atoms with Gasteiger partial charge in [-0.2, -0.15) is 4.31 Å². The van der Waals surface area contributed by atoms with Crippen LogP contribution in [0.25, 0.3) is 0 Å². The molecule has 0 amide bonds. The zero-order valence-electron chi connectivity index (χ0n) is 11.0. The molecule has 0 N–H and O–H groups in total. The van der Waals surface area contributed by atoms with Gasteiger partial charge in [0.15, 0.2) is 0 Å². The Morgan fingerprint density at radius 3 is 2.60 bits per heavy atom. The van der Waals surface area contributed by atoms with E-state index in [1.165, 1.54) is 4.31 Å². The third-order valence-electron chi connectivity index (χ3n) is 3.56. The minimum atomic E-state index is -3.42. The van der Waals surface area contributed by atoms with Crippen molar-refractivity contribution in [3.8, 4) is 0 Å². The molecule has 2 aromatic carbocycles. The van der Waals surface area contributed by atoms with E-state index in [2.05, 4.69) is 0 Å². The summed E-state index contributed by atoms with van der Waals surface area (Å²) in [4.78, 5) is 0.395. The number of hydrogen-bond acceptors (Lipinski definition) is 2. The van der Waals surface area contributed by atoms with Crippen molar-refractivity contribution < 1.29 is 8.42 Å². The van der Waals surface area contributed by atoms with Crippen molar-refractivity contribution in [1.82, 2.24) is 4.31 Å². The lowest BCUT2D eigenvalue weighted by Crippen LogP contribution is -2.28. The number of benzene rings is 2. The summed E-state index contributed by atoms with van der Waals surface area (Å²) in [6.45, 7) is 2.27. The fourth-order valence-corrected chi connectivity index (χ4v) is 4.77. The van der Waals surface area contributed by atoms with E-state index >= 15 is 0 Å². The quantitative estimate of drug-likeness (QED) is 0.852. The second-order valence-electron chi connectivity index (χ2n) is 4.70. The van der Waals surface area contributed by atoms with Crippen molar-refractivity contribution in [1.29, 1.82) is 0 Å². The third kappa shape index (κ3) is 1.95. The van der Waals surface area contributed by atoms with Crippen molar-refractivity contribution in [3.05, 3.63) is 64.7 Å². The number of fused-ring (bicyclic) bond motifs is 1. The maximum atomic E-state index is 12.6. The molecular formula is C15H14ClNO2S. The Balaban J connectivity index is 2.25. The van der Waals surface area contributed by atoms with E-state index in [0.29, 0.717) is 16.5 Å². The van der Waals surface area contributed by atoms with Crippen LogP contribution in [-0.4, -0.2) is 19.3 Å². The smallest absolute Gasteiger partial charge is 0.207 e. The molecule has 0 saturated carbocycles. The van der Waals surface area contributed by atoms with Crippen LogP contribution in [0.5, 0.6) is 0 Å². The summed E-state index contributed by atoms with van der Waals surface area (Å²) in [5.74, 6) is 0. The number of rotatable bonds is 2. The summed E-state index contributed by atoms with van der Waals surface area (Å²) in [5.41, 5.74) is 1.71. The van der Waals surface area contributed by atoms with Crippen LogP contribution < -0.4 is 0 Å². The summed E-state index contributed by atoms with van der Waals surface area (Å²) in [6.07, 6.45) is 0. The first kappa shape index (κ1) is 13.6. The molecule has 0 fully saturated rings. The lowest BCUT2D eigenvalue weighted by atomic mass is 9.99. The van der Waals surface area contributed by atoms with E-state index in [4.69, 9.17) is 11.6 Å². The van der Waals surface area contributed by atoms with Gasteiger partial charge < -0.3 is 0 Å². The molecule has 0 radical (unpaired) electrons. The molecule has 5 heteroatoms. The second kappa shape index (κ2) is 4.88. The topological polar surface area (TPSA) is 37.4 Å². The van der Waals surface area contributed by atoms with Crippen LogP contribution in [0.1, 0.15) is 24.1 Å². The molecule has 1 aliphatic rings. The zero-order chi connectivity index (χ0) is 14.3. The van der Waals surface area contributed by atoms with Crippen LogP contribution in [-0.2, 0) is 10.0 Å². The van der Waals surface area contributed by atoms with Crippen molar-refractivity contribution >= 4 is 21.6 Å². The molecule has 1 atom stereocenters. The molecule has 0 spiro atoms. The number of halogens is 1. The molecule has 1 unspecified atom stereocenters. The van der Waals surface area contributed by atoms with Gasteiger partial charge in [0, 0.05) is 11.6 Å². The number of sulfonamides is 1. The Labute approximate surface area is 123 Å². The van der Waals surface area contributed by atoms with Crippen LogP contribution in [0.3, 0.4) is 0 Å². The van der Waals surface area contributed by atoms with Gasteiger partial charge in [-0.15, -0.1) is 0 Å². The predicted octanol–water partition coefficient (Wildman–Crippen LogP) is 3.45. The first-order chi connectivity index (χ1) is 9.55. The first-order valence-corrected chi connectivity index (χ1v) is 8.23. The van der Waals surface area contributed by atoms with Gasteiger partial charge in [0.05, 0.1) is 10.9 Å². The van der Waals surface area contributed by atoms with Gasteiger partial charge in [-0.25, -0.2) is 8.42 Å². The van der Waals surface area contributed by atoms with Crippen molar-refractivity contribution in [2.45, 2.75) is 17.9 Å². The molecule has 1 aliphatic heterocycles. The number of hydrogen-bond donors (Lipinski definition) is 0. The average molecular weight is 308 g/mol. The van der Waals surface area contributed by atoms with E-state index in [9.17, 15) is 8.42 Å². The summed E-state index contributed by atoms with van der Waals surface area (Å²) in [5, 5.41) is 0.611. The molecule has 0 bridgehead atoms. The minimum absolute atomic E-state index is 0.292. The Hall–Kier alpha value is -1.36. The molecule has 0 aromatic heterocycles. The Morgan fingerprint density at radius 1 is 1.15 bits per heavy atom. The van der Waals surface area contributed by atoms with Crippen LogP contribution in [0.15, 0.2) is 53.4 Å². The van der Waals surface area contributed by atoms with E-state index < -0.39 is 10.0 Å². The monoisotopic (exact) mass is 307 g/mol.